The normalized spacial score (nSPS) is 21.0. The van der Waals surface area contributed by atoms with Gasteiger partial charge in [0.1, 0.15) is 5.41 Å². The molecule has 2 N–H and O–H groups in total. The number of rotatable bonds is 7. The van der Waals surface area contributed by atoms with Crippen LogP contribution in [-0.4, -0.2) is 62.7 Å². The predicted molar refractivity (Wildman–Crippen MR) is 75.1 cm³/mol. The summed E-state index contributed by atoms with van der Waals surface area (Å²) >= 11 is 0. The highest BCUT2D eigenvalue weighted by Gasteiger charge is 2.56. The maximum atomic E-state index is 12.1. The van der Waals surface area contributed by atoms with Gasteiger partial charge in [-0.15, -0.1) is 6.58 Å². The van der Waals surface area contributed by atoms with E-state index in [1.807, 2.05) is 0 Å². The number of carbonyl (C=O) groups excluding carboxylic acids is 2. The molecule has 2 fully saturated rings. The van der Waals surface area contributed by atoms with E-state index in [0.29, 0.717) is 25.9 Å². The molecule has 1 aliphatic heterocycles. The van der Waals surface area contributed by atoms with Crippen molar-refractivity contribution in [2.45, 2.75) is 12.8 Å². The maximum absolute atomic E-state index is 12.1. The van der Waals surface area contributed by atoms with Crippen LogP contribution >= 0.6 is 0 Å². The van der Waals surface area contributed by atoms with Crippen molar-refractivity contribution in [1.82, 2.24) is 15.5 Å². The van der Waals surface area contributed by atoms with Gasteiger partial charge in [-0.3, -0.25) is 14.5 Å². The van der Waals surface area contributed by atoms with Gasteiger partial charge in [-0.25, -0.2) is 0 Å². The lowest BCUT2D eigenvalue weighted by atomic mass is 10.1. The Morgan fingerprint density at radius 3 is 2.45 bits per heavy atom. The summed E-state index contributed by atoms with van der Waals surface area (Å²) in [6.07, 6.45) is 2.89. The van der Waals surface area contributed by atoms with Crippen molar-refractivity contribution in [2.75, 3.05) is 45.9 Å². The number of nitrogens with zero attached hydrogens (tertiary/aromatic N) is 1. The van der Waals surface area contributed by atoms with Crippen molar-refractivity contribution < 1.29 is 14.3 Å². The van der Waals surface area contributed by atoms with Crippen LogP contribution in [-0.2, 0) is 14.3 Å². The fraction of sp³-hybridized carbons (Fsp3) is 0.714. The monoisotopic (exact) mass is 281 g/mol. The third-order valence-electron chi connectivity index (χ3n) is 3.84. The second-order valence-electron chi connectivity index (χ2n) is 5.29. The molecular weight excluding hydrogens is 258 g/mol. The van der Waals surface area contributed by atoms with Crippen LogP contribution in [0.25, 0.3) is 0 Å². The Morgan fingerprint density at radius 2 is 1.85 bits per heavy atom. The van der Waals surface area contributed by atoms with Crippen molar-refractivity contribution >= 4 is 11.8 Å². The van der Waals surface area contributed by atoms with Crippen LogP contribution in [0.4, 0.5) is 0 Å². The SMILES string of the molecule is C=CCNC(=O)C1(C(=O)NCCN2CCOCC2)CC1. The summed E-state index contributed by atoms with van der Waals surface area (Å²) in [5, 5.41) is 5.59. The molecule has 0 aromatic carbocycles. The lowest BCUT2D eigenvalue weighted by Gasteiger charge is -2.26. The molecule has 20 heavy (non-hydrogen) atoms. The predicted octanol–water partition coefficient (Wildman–Crippen LogP) is -0.483. The van der Waals surface area contributed by atoms with E-state index in [4.69, 9.17) is 4.74 Å². The van der Waals surface area contributed by atoms with Gasteiger partial charge in [-0.2, -0.15) is 0 Å². The van der Waals surface area contributed by atoms with Crippen LogP contribution in [0, 0.1) is 5.41 Å². The molecule has 112 valence electrons. The number of nitrogens with one attached hydrogen (secondary N) is 2. The van der Waals surface area contributed by atoms with E-state index in [0.717, 1.165) is 32.8 Å². The number of morpholine rings is 1. The first-order valence-corrected chi connectivity index (χ1v) is 7.16. The topological polar surface area (TPSA) is 70.7 Å². The van der Waals surface area contributed by atoms with Crippen LogP contribution in [0.1, 0.15) is 12.8 Å². The number of hydrogen-bond donors (Lipinski definition) is 2. The maximum Gasteiger partial charge on any atom is 0.235 e. The van der Waals surface area contributed by atoms with E-state index in [2.05, 4.69) is 22.1 Å². The number of hydrogen-bond acceptors (Lipinski definition) is 4. The molecule has 1 heterocycles. The molecular formula is C14H23N3O3. The molecule has 0 unspecified atom stereocenters. The van der Waals surface area contributed by atoms with Crippen molar-refractivity contribution in [3.05, 3.63) is 12.7 Å². The summed E-state index contributed by atoms with van der Waals surface area (Å²) in [5.41, 5.74) is -0.825. The molecule has 0 aromatic heterocycles. The highest BCUT2D eigenvalue weighted by Crippen LogP contribution is 2.46. The van der Waals surface area contributed by atoms with Crippen molar-refractivity contribution in [2.24, 2.45) is 5.41 Å². The Morgan fingerprint density at radius 1 is 1.20 bits per heavy atom. The summed E-state index contributed by atoms with van der Waals surface area (Å²) in [5.74, 6) is -0.325. The largest absolute Gasteiger partial charge is 0.379 e. The zero-order valence-electron chi connectivity index (χ0n) is 11.8. The molecule has 0 atom stereocenters. The molecule has 0 bridgehead atoms. The second-order valence-corrected chi connectivity index (χ2v) is 5.29. The van der Waals surface area contributed by atoms with Gasteiger partial charge in [0.15, 0.2) is 0 Å². The summed E-state index contributed by atoms with van der Waals surface area (Å²) in [6, 6.07) is 0. The smallest absolute Gasteiger partial charge is 0.235 e. The van der Waals surface area contributed by atoms with E-state index in [9.17, 15) is 9.59 Å². The van der Waals surface area contributed by atoms with Crippen LogP contribution in [0.15, 0.2) is 12.7 Å². The molecule has 0 aromatic rings. The zero-order valence-corrected chi connectivity index (χ0v) is 11.8. The van der Waals surface area contributed by atoms with Crippen molar-refractivity contribution in [1.29, 1.82) is 0 Å². The Balaban J connectivity index is 1.71. The van der Waals surface area contributed by atoms with E-state index >= 15 is 0 Å². The fourth-order valence-electron chi connectivity index (χ4n) is 2.34. The molecule has 1 saturated heterocycles. The highest BCUT2D eigenvalue weighted by atomic mass is 16.5. The Hall–Kier alpha value is -1.40. The van der Waals surface area contributed by atoms with Gasteiger partial charge in [0.05, 0.1) is 13.2 Å². The molecule has 2 rings (SSSR count). The number of amides is 2. The minimum absolute atomic E-state index is 0.146. The molecule has 6 heteroatoms. The van der Waals surface area contributed by atoms with Gasteiger partial charge < -0.3 is 15.4 Å². The molecule has 2 aliphatic rings. The second kappa shape index (κ2) is 6.85. The Labute approximate surface area is 119 Å². The Kier molecular flexibility index (Phi) is 5.14. The molecule has 6 nitrogen and oxygen atoms in total. The quantitative estimate of drug-likeness (QED) is 0.488. The van der Waals surface area contributed by atoms with Crippen LogP contribution < -0.4 is 10.6 Å². The van der Waals surface area contributed by atoms with Gasteiger partial charge in [0.2, 0.25) is 11.8 Å². The minimum Gasteiger partial charge on any atom is -0.379 e. The van der Waals surface area contributed by atoms with Gasteiger partial charge in [0.25, 0.3) is 0 Å². The minimum atomic E-state index is -0.825. The van der Waals surface area contributed by atoms with Crippen LogP contribution in [0.3, 0.4) is 0 Å². The van der Waals surface area contributed by atoms with Crippen molar-refractivity contribution in [3.63, 3.8) is 0 Å². The molecule has 0 spiro atoms. The summed E-state index contributed by atoms with van der Waals surface area (Å²) in [6.45, 7) is 8.65. The summed E-state index contributed by atoms with van der Waals surface area (Å²) in [4.78, 5) is 26.3. The molecule has 1 saturated carbocycles. The standard InChI is InChI=1S/C14H23N3O3/c1-2-5-15-12(18)14(3-4-14)13(19)16-6-7-17-8-10-20-11-9-17/h2H,1,3-11H2,(H,15,18)(H,16,19). The summed E-state index contributed by atoms with van der Waals surface area (Å²) in [7, 11) is 0. The van der Waals surface area contributed by atoms with E-state index in [1.54, 1.807) is 6.08 Å². The first kappa shape index (κ1) is 15.0. The molecule has 1 aliphatic carbocycles. The average molecular weight is 281 g/mol. The number of carbonyl (C=O) groups is 2. The first-order valence-electron chi connectivity index (χ1n) is 7.16. The average Bonchev–Trinajstić information content (AvgIpc) is 3.27. The van der Waals surface area contributed by atoms with Crippen LogP contribution in [0.2, 0.25) is 0 Å². The lowest BCUT2D eigenvalue weighted by molar-refractivity contribution is -0.137. The number of ether oxygens (including phenoxy) is 1. The third kappa shape index (κ3) is 3.58. The first-order chi connectivity index (χ1) is 9.69. The summed E-state index contributed by atoms with van der Waals surface area (Å²) < 4.78 is 5.27. The highest BCUT2D eigenvalue weighted by molar-refractivity contribution is 6.07. The van der Waals surface area contributed by atoms with Crippen molar-refractivity contribution in [3.8, 4) is 0 Å². The van der Waals surface area contributed by atoms with Crippen LogP contribution in [0.5, 0.6) is 0 Å². The van der Waals surface area contributed by atoms with E-state index in [1.165, 1.54) is 0 Å². The molecule has 0 radical (unpaired) electrons. The van der Waals surface area contributed by atoms with Gasteiger partial charge in [0, 0.05) is 32.7 Å². The van der Waals surface area contributed by atoms with Gasteiger partial charge >= 0.3 is 0 Å². The zero-order chi connectivity index (χ0) is 14.4. The third-order valence-corrected chi connectivity index (χ3v) is 3.84. The van der Waals surface area contributed by atoms with Gasteiger partial charge in [-0.05, 0) is 12.8 Å². The fourth-order valence-corrected chi connectivity index (χ4v) is 2.34. The van der Waals surface area contributed by atoms with E-state index in [-0.39, 0.29) is 11.8 Å². The van der Waals surface area contributed by atoms with E-state index < -0.39 is 5.41 Å². The Bertz CT molecular complexity index is 374. The lowest BCUT2D eigenvalue weighted by Crippen LogP contribution is -2.46. The van der Waals surface area contributed by atoms with Gasteiger partial charge in [-0.1, -0.05) is 6.08 Å². The molecule has 2 amide bonds.